The Bertz CT molecular complexity index is 919. The van der Waals surface area contributed by atoms with Crippen LogP contribution in [0, 0.1) is 0 Å². The van der Waals surface area contributed by atoms with Crippen molar-refractivity contribution in [2.24, 2.45) is 0 Å². The molecule has 0 amide bonds. The van der Waals surface area contributed by atoms with Gasteiger partial charge < -0.3 is 4.52 Å². The summed E-state index contributed by atoms with van der Waals surface area (Å²) in [6, 6.07) is 7.03. The van der Waals surface area contributed by atoms with Gasteiger partial charge in [-0.3, -0.25) is 4.98 Å². The van der Waals surface area contributed by atoms with Crippen LogP contribution in [0.25, 0.3) is 11.4 Å². The van der Waals surface area contributed by atoms with Crippen LogP contribution >= 0.6 is 11.3 Å². The van der Waals surface area contributed by atoms with Gasteiger partial charge in [0.1, 0.15) is 4.21 Å². The number of hydrogen-bond donors (Lipinski definition) is 0. The van der Waals surface area contributed by atoms with Gasteiger partial charge in [-0.25, -0.2) is 8.42 Å². The van der Waals surface area contributed by atoms with Gasteiger partial charge in [0, 0.05) is 29.9 Å². The molecule has 0 radical (unpaired) electrons. The summed E-state index contributed by atoms with van der Waals surface area (Å²) in [7, 11) is -2.08. The van der Waals surface area contributed by atoms with E-state index in [1.54, 1.807) is 30.6 Å². The van der Waals surface area contributed by atoms with Crippen molar-refractivity contribution in [2.45, 2.75) is 24.1 Å². The summed E-state index contributed by atoms with van der Waals surface area (Å²) in [5.74, 6) is 0.612. The summed E-state index contributed by atoms with van der Waals surface area (Å²) in [5, 5.41) is 3.87. The molecule has 3 aromatic heterocycles. The van der Waals surface area contributed by atoms with Crippen LogP contribution in [0.15, 0.2) is 45.4 Å². The third kappa shape index (κ3) is 3.37. The first-order chi connectivity index (χ1) is 11.5. The zero-order valence-corrected chi connectivity index (χ0v) is 14.8. The monoisotopic (exact) mass is 364 g/mol. The van der Waals surface area contributed by atoms with E-state index in [4.69, 9.17) is 4.52 Å². The highest BCUT2D eigenvalue weighted by Crippen LogP contribution is 2.25. The Balaban J connectivity index is 1.77. The van der Waals surface area contributed by atoms with Crippen molar-refractivity contribution in [1.29, 1.82) is 0 Å². The van der Waals surface area contributed by atoms with E-state index in [1.165, 1.54) is 22.7 Å². The van der Waals surface area contributed by atoms with Crippen molar-refractivity contribution in [1.82, 2.24) is 19.4 Å². The normalized spacial score (nSPS) is 12.0. The van der Waals surface area contributed by atoms with Crippen molar-refractivity contribution < 1.29 is 12.9 Å². The van der Waals surface area contributed by atoms with Gasteiger partial charge in [0.25, 0.3) is 10.0 Å². The highest BCUT2D eigenvalue weighted by Gasteiger charge is 2.24. The minimum Gasteiger partial charge on any atom is -0.338 e. The Morgan fingerprint density at radius 2 is 2.12 bits per heavy atom. The van der Waals surface area contributed by atoms with E-state index in [9.17, 15) is 8.42 Å². The second kappa shape index (κ2) is 6.80. The zero-order valence-electron chi connectivity index (χ0n) is 13.2. The molecule has 0 saturated heterocycles. The Kier molecular flexibility index (Phi) is 4.74. The molecule has 0 aromatic carbocycles. The molecule has 0 saturated carbocycles. The van der Waals surface area contributed by atoms with E-state index in [2.05, 4.69) is 15.1 Å². The lowest BCUT2D eigenvalue weighted by atomic mass is 10.3. The predicted octanol–water partition coefficient (Wildman–Crippen LogP) is 2.58. The van der Waals surface area contributed by atoms with Crippen LogP contribution in [0.3, 0.4) is 0 Å². The van der Waals surface area contributed by atoms with Crippen LogP contribution in [0.1, 0.15) is 17.7 Å². The van der Waals surface area contributed by atoms with E-state index in [1.807, 2.05) is 13.0 Å². The fourth-order valence-electron chi connectivity index (χ4n) is 2.05. The van der Waals surface area contributed by atoms with Gasteiger partial charge in [-0.1, -0.05) is 12.1 Å². The number of pyridine rings is 1. The lowest BCUT2D eigenvalue weighted by Crippen LogP contribution is -2.25. The Morgan fingerprint density at radius 3 is 2.79 bits per heavy atom. The maximum Gasteiger partial charge on any atom is 0.252 e. The molecular formula is C15H16N4O3S2. The molecule has 0 aliphatic heterocycles. The molecule has 0 fully saturated rings. The summed E-state index contributed by atoms with van der Waals surface area (Å²) in [5.41, 5.74) is 0.712. The van der Waals surface area contributed by atoms with Crippen molar-refractivity contribution in [3.8, 4) is 11.4 Å². The second-order valence-electron chi connectivity index (χ2n) is 5.09. The van der Waals surface area contributed by atoms with E-state index in [-0.39, 0.29) is 12.4 Å². The van der Waals surface area contributed by atoms with Gasteiger partial charge >= 0.3 is 0 Å². The molecule has 0 spiro atoms. The Hall–Kier alpha value is -2.10. The predicted molar refractivity (Wildman–Crippen MR) is 89.9 cm³/mol. The topological polar surface area (TPSA) is 89.2 Å². The third-order valence-corrected chi connectivity index (χ3v) is 6.90. The maximum absolute atomic E-state index is 12.6. The van der Waals surface area contributed by atoms with Crippen LogP contribution in [0.2, 0.25) is 0 Å². The van der Waals surface area contributed by atoms with Gasteiger partial charge in [0.15, 0.2) is 0 Å². The third-order valence-electron chi connectivity index (χ3n) is 3.40. The largest absolute Gasteiger partial charge is 0.338 e. The molecule has 0 atom stereocenters. The Labute approximate surface area is 144 Å². The first-order valence-electron chi connectivity index (χ1n) is 7.28. The molecule has 126 valence electrons. The molecule has 3 aromatic rings. The fraction of sp³-hybridized carbons (Fsp3) is 0.267. The van der Waals surface area contributed by atoms with Crippen LogP contribution in [-0.2, 0) is 23.0 Å². The van der Waals surface area contributed by atoms with Gasteiger partial charge in [-0.05, 0) is 30.7 Å². The SMILES string of the molecule is CCc1ccc(S(=O)(=O)N(C)Cc2nc(-c3cccnc3)no2)s1. The summed E-state index contributed by atoms with van der Waals surface area (Å²) < 4.78 is 31.8. The molecule has 9 heteroatoms. The first-order valence-corrected chi connectivity index (χ1v) is 9.54. The van der Waals surface area contributed by atoms with E-state index in [0.717, 1.165) is 11.3 Å². The number of nitrogens with zero attached hydrogens (tertiary/aromatic N) is 4. The minimum absolute atomic E-state index is 0.00888. The van der Waals surface area contributed by atoms with E-state index < -0.39 is 10.0 Å². The smallest absolute Gasteiger partial charge is 0.252 e. The minimum atomic E-state index is -3.57. The summed E-state index contributed by atoms with van der Waals surface area (Å²) in [6.45, 7) is 2.00. The van der Waals surface area contributed by atoms with Crippen molar-refractivity contribution >= 4 is 21.4 Å². The molecule has 0 N–H and O–H groups in total. The molecule has 0 aliphatic rings. The van der Waals surface area contributed by atoms with Crippen molar-refractivity contribution in [3.05, 3.63) is 47.4 Å². The summed E-state index contributed by atoms with van der Waals surface area (Å²) in [6.07, 6.45) is 4.07. The van der Waals surface area contributed by atoms with Gasteiger partial charge in [-0.2, -0.15) is 9.29 Å². The van der Waals surface area contributed by atoms with Gasteiger partial charge in [0.2, 0.25) is 11.7 Å². The fourth-order valence-corrected chi connectivity index (χ4v) is 4.67. The van der Waals surface area contributed by atoms with Gasteiger partial charge in [-0.15, -0.1) is 11.3 Å². The van der Waals surface area contributed by atoms with Crippen molar-refractivity contribution in [2.75, 3.05) is 7.05 Å². The van der Waals surface area contributed by atoms with Crippen LogP contribution < -0.4 is 0 Å². The number of hydrogen-bond acceptors (Lipinski definition) is 7. The molecule has 0 bridgehead atoms. The summed E-state index contributed by atoms with van der Waals surface area (Å²) in [4.78, 5) is 9.25. The molecule has 3 heterocycles. The number of sulfonamides is 1. The molecular weight excluding hydrogens is 348 g/mol. The molecule has 24 heavy (non-hydrogen) atoms. The Morgan fingerprint density at radius 1 is 1.29 bits per heavy atom. The highest BCUT2D eigenvalue weighted by molar-refractivity contribution is 7.91. The van der Waals surface area contributed by atoms with E-state index in [0.29, 0.717) is 15.6 Å². The van der Waals surface area contributed by atoms with E-state index >= 15 is 0 Å². The maximum atomic E-state index is 12.6. The lowest BCUT2D eigenvalue weighted by molar-refractivity contribution is 0.337. The average Bonchev–Trinajstić information content (AvgIpc) is 3.25. The molecule has 7 nitrogen and oxygen atoms in total. The quantitative estimate of drug-likeness (QED) is 0.668. The van der Waals surface area contributed by atoms with Crippen LogP contribution in [-0.4, -0.2) is 34.9 Å². The number of aromatic nitrogens is 3. The zero-order chi connectivity index (χ0) is 17.2. The average molecular weight is 364 g/mol. The highest BCUT2D eigenvalue weighted by atomic mass is 32.2. The van der Waals surface area contributed by atoms with Crippen LogP contribution in [0.4, 0.5) is 0 Å². The molecule has 3 rings (SSSR count). The lowest BCUT2D eigenvalue weighted by Gasteiger charge is -2.13. The van der Waals surface area contributed by atoms with Gasteiger partial charge in [0.05, 0.1) is 6.54 Å². The number of aryl methyl sites for hydroxylation is 1. The first kappa shape index (κ1) is 16.7. The van der Waals surface area contributed by atoms with Crippen molar-refractivity contribution in [3.63, 3.8) is 0 Å². The molecule has 0 aliphatic carbocycles. The molecule has 0 unspecified atom stereocenters. The number of rotatable bonds is 6. The van der Waals surface area contributed by atoms with Crippen LogP contribution in [0.5, 0.6) is 0 Å². The standard InChI is InChI=1S/C15H16N4O3S2/c1-3-12-6-7-14(23-12)24(20,21)19(2)10-13-17-15(18-22-13)11-5-4-8-16-9-11/h4-9H,3,10H2,1-2H3. The second-order valence-corrected chi connectivity index (χ2v) is 8.53. The summed E-state index contributed by atoms with van der Waals surface area (Å²) >= 11 is 1.28. The number of thiophene rings is 1.